The SMILES string of the molecule is CCN(CC(=O)Cc1ccccc1)c1ccc(F)cc1. The molecule has 0 aromatic heterocycles. The van der Waals surface area contributed by atoms with Crippen molar-refractivity contribution in [2.75, 3.05) is 18.0 Å². The maximum atomic E-state index is 12.9. The molecule has 0 aliphatic carbocycles. The molecule has 0 aliphatic heterocycles. The molecular formula is C17H18FNO. The fourth-order valence-corrected chi connectivity index (χ4v) is 2.13. The average Bonchev–Trinajstić information content (AvgIpc) is 2.47. The smallest absolute Gasteiger partial charge is 0.156 e. The van der Waals surface area contributed by atoms with Gasteiger partial charge in [0.2, 0.25) is 0 Å². The zero-order valence-electron chi connectivity index (χ0n) is 11.6. The summed E-state index contributed by atoms with van der Waals surface area (Å²) in [4.78, 5) is 14.1. The average molecular weight is 271 g/mol. The van der Waals surface area contributed by atoms with Crippen molar-refractivity contribution in [2.24, 2.45) is 0 Å². The Morgan fingerprint density at radius 1 is 1.05 bits per heavy atom. The van der Waals surface area contributed by atoms with E-state index in [4.69, 9.17) is 0 Å². The molecule has 0 atom stereocenters. The van der Waals surface area contributed by atoms with E-state index in [1.54, 1.807) is 12.1 Å². The molecule has 2 aromatic rings. The van der Waals surface area contributed by atoms with Crippen LogP contribution in [0.3, 0.4) is 0 Å². The summed E-state index contributed by atoms with van der Waals surface area (Å²) in [6.45, 7) is 3.04. The van der Waals surface area contributed by atoms with Gasteiger partial charge in [0.15, 0.2) is 5.78 Å². The quantitative estimate of drug-likeness (QED) is 0.802. The lowest BCUT2D eigenvalue weighted by Crippen LogP contribution is -2.30. The molecule has 2 rings (SSSR count). The third-order valence-corrected chi connectivity index (χ3v) is 3.18. The van der Waals surface area contributed by atoms with Gasteiger partial charge in [-0.3, -0.25) is 4.79 Å². The van der Waals surface area contributed by atoms with Crippen LogP contribution in [0, 0.1) is 5.82 Å². The van der Waals surface area contributed by atoms with Crippen LogP contribution in [0.1, 0.15) is 12.5 Å². The van der Waals surface area contributed by atoms with E-state index in [2.05, 4.69) is 0 Å². The third-order valence-electron chi connectivity index (χ3n) is 3.18. The van der Waals surface area contributed by atoms with Crippen molar-refractivity contribution in [3.63, 3.8) is 0 Å². The van der Waals surface area contributed by atoms with Gasteiger partial charge in [-0.1, -0.05) is 30.3 Å². The van der Waals surface area contributed by atoms with Crippen LogP contribution in [-0.4, -0.2) is 18.9 Å². The number of hydrogen-bond acceptors (Lipinski definition) is 2. The summed E-state index contributed by atoms with van der Waals surface area (Å²) in [5.41, 5.74) is 1.89. The summed E-state index contributed by atoms with van der Waals surface area (Å²) < 4.78 is 12.9. The van der Waals surface area contributed by atoms with Gasteiger partial charge in [0.05, 0.1) is 6.54 Å². The number of hydrogen-bond donors (Lipinski definition) is 0. The second-order valence-electron chi connectivity index (χ2n) is 4.69. The van der Waals surface area contributed by atoms with Gasteiger partial charge in [-0.15, -0.1) is 0 Å². The molecule has 3 heteroatoms. The predicted octanol–water partition coefficient (Wildman–Crippen LogP) is 3.46. The van der Waals surface area contributed by atoms with E-state index >= 15 is 0 Å². The zero-order valence-corrected chi connectivity index (χ0v) is 11.6. The Labute approximate surface area is 118 Å². The lowest BCUT2D eigenvalue weighted by molar-refractivity contribution is -0.117. The van der Waals surface area contributed by atoms with Gasteiger partial charge in [0, 0.05) is 18.7 Å². The molecular weight excluding hydrogens is 253 g/mol. The minimum atomic E-state index is -0.264. The van der Waals surface area contributed by atoms with Gasteiger partial charge in [-0.25, -0.2) is 4.39 Å². The summed E-state index contributed by atoms with van der Waals surface area (Å²) in [5.74, 6) is -0.109. The largest absolute Gasteiger partial charge is 0.364 e. The van der Waals surface area contributed by atoms with Crippen LogP contribution in [-0.2, 0) is 11.2 Å². The fourth-order valence-electron chi connectivity index (χ4n) is 2.13. The van der Waals surface area contributed by atoms with Crippen LogP contribution in [0.2, 0.25) is 0 Å². The first kappa shape index (κ1) is 14.3. The Morgan fingerprint density at radius 2 is 1.70 bits per heavy atom. The lowest BCUT2D eigenvalue weighted by atomic mass is 10.1. The van der Waals surface area contributed by atoms with Crippen LogP contribution in [0.25, 0.3) is 0 Å². The molecule has 0 spiro atoms. The molecule has 0 saturated heterocycles. The molecule has 0 fully saturated rings. The van der Waals surface area contributed by atoms with Crippen molar-refractivity contribution < 1.29 is 9.18 Å². The van der Waals surface area contributed by atoms with Crippen LogP contribution in [0.5, 0.6) is 0 Å². The molecule has 104 valence electrons. The highest BCUT2D eigenvalue weighted by Gasteiger charge is 2.10. The second kappa shape index (κ2) is 6.85. The number of ketones is 1. The molecule has 0 N–H and O–H groups in total. The van der Waals surface area contributed by atoms with Gasteiger partial charge in [-0.2, -0.15) is 0 Å². The van der Waals surface area contributed by atoms with Gasteiger partial charge >= 0.3 is 0 Å². The molecule has 0 aliphatic rings. The molecule has 0 amide bonds. The molecule has 0 unspecified atom stereocenters. The Hall–Kier alpha value is -2.16. The summed E-state index contributed by atoms with van der Waals surface area (Å²) in [6, 6.07) is 15.9. The summed E-state index contributed by atoms with van der Waals surface area (Å²) in [5, 5.41) is 0. The van der Waals surface area contributed by atoms with Crippen molar-refractivity contribution in [3.05, 3.63) is 66.0 Å². The molecule has 0 heterocycles. The summed E-state index contributed by atoms with van der Waals surface area (Å²) in [7, 11) is 0. The number of nitrogens with zero attached hydrogens (tertiary/aromatic N) is 1. The number of likely N-dealkylation sites (N-methyl/N-ethyl adjacent to an activating group) is 1. The molecule has 20 heavy (non-hydrogen) atoms. The van der Waals surface area contributed by atoms with Gasteiger partial charge < -0.3 is 4.90 Å². The van der Waals surface area contributed by atoms with E-state index in [0.717, 1.165) is 11.3 Å². The maximum absolute atomic E-state index is 12.9. The van der Waals surface area contributed by atoms with Gasteiger partial charge in [-0.05, 0) is 36.8 Å². The number of benzene rings is 2. The topological polar surface area (TPSA) is 20.3 Å². The van der Waals surface area contributed by atoms with Crippen molar-refractivity contribution in [3.8, 4) is 0 Å². The highest BCUT2D eigenvalue weighted by Crippen LogP contribution is 2.14. The highest BCUT2D eigenvalue weighted by atomic mass is 19.1. The van der Waals surface area contributed by atoms with Crippen LogP contribution < -0.4 is 4.90 Å². The Balaban J connectivity index is 1.99. The molecule has 0 saturated carbocycles. The molecule has 2 nitrogen and oxygen atoms in total. The zero-order chi connectivity index (χ0) is 14.4. The van der Waals surface area contributed by atoms with Crippen LogP contribution in [0.15, 0.2) is 54.6 Å². The first-order valence-electron chi connectivity index (χ1n) is 6.75. The number of anilines is 1. The number of rotatable bonds is 6. The van der Waals surface area contributed by atoms with Crippen molar-refractivity contribution >= 4 is 11.5 Å². The van der Waals surface area contributed by atoms with E-state index in [1.165, 1.54) is 12.1 Å². The summed E-state index contributed by atoms with van der Waals surface area (Å²) in [6.07, 6.45) is 0.429. The van der Waals surface area contributed by atoms with Gasteiger partial charge in [0.25, 0.3) is 0 Å². The van der Waals surface area contributed by atoms with E-state index in [-0.39, 0.29) is 11.6 Å². The first-order valence-corrected chi connectivity index (χ1v) is 6.75. The monoisotopic (exact) mass is 271 g/mol. The normalized spacial score (nSPS) is 10.3. The fraction of sp³-hybridized carbons (Fsp3) is 0.235. The molecule has 2 aromatic carbocycles. The lowest BCUT2D eigenvalue weighted by Gasteiger charge is -2.22. The first-order chi connectivity index (χ1) is 9.69. The Kier molecular flexibility index (Phi) is 4.88. The van der Waals surface area contributed by atoms with E-state index in [9.17, 15) is 9.18 Å². The minimum Gasteiger partial charge on any atom is -0.364 e. The van der Waals surface area contributed by atoms with E-state index < -0.39 is 0 Å². The third kappa shape index (κ3) is 3.92. The molecule has 0 radical (unpaired) electrons. The van der Waals surface area contributed by atoms with Gasteiger partial charge in [0.1, 0.15) is 5.82 Å². The number of halogens is 1. The van der Waals surface area contributed by atoms with Crippen LogP contribution in [0.4, 0.5) is 10.1 Å². The second-order valence-corrected chi connectivity index (χ2v) is 4.69. The maximum Gasteiger partial charge on any atom is 0.156 e. The highest BCUT2D eigenvalue weighted by molar-refractivity contribution is 5.85. The van der Waals surface area contributed by atoms with E-state index in [1.807, 2.05) is 42.2 Å². The number of carbonyl (C=O) groups excluding carboxylic acids is 1. The summed E-state index contributed by atoms with van der Waals surface area (Å²) >= 11 is 0. The number of Topliss-reactive ketones (excluding diaryl/α,β-unsaturated/α-hetero) is 1. The predicted molar refractivity (Wildman–Crippen MR) is 79.4 cm³/mol. The van der Waals surface area contributed by atoms with E-state index in [0.29, 0.717) is 19.5 Å². The van der Waals surface area contributed by atoms with Crippen LogP contribution >= 0.6 is 0 Å². The minimum absolute atomic E-state index is 0.155. The standard InChI is InChI=1S/C17H18FNO/c1-2-19(16-10-8-15(18)9-11-16)13-17(20)12-14-6-4-3-5-7-14/h3-11H,2,12-13H2,1H3. The Morgan fingerprint density at radius 3 is 2.30 bits per heavy atom. The number of carbonyl (C=O) groups is 1. The Bertz CT molecular complexity index is 551. The van der Waals surface area contributed by atoms with Crippen molar-refractivity contribution in [1.82, 2.24) is 0 Å². The van der Waals surface area contributed by atoms with Crippen molar-refractivity contribution in [1.29, 1.82) is 0 Å². The van der Waals surface area contributed by atoms with Crippen molar-refractivity contribution in [2.45, 2.75) is 13.3 Å². The molecule has 0 bridgehead atoms.